The topological polar surface area (TPSA) is 60.9 Å². The van der Waals surface area contributed by atoms with Crippen LogP contribution in [-0.4, -0.2) is 9.78 Å². The second-order valence-electron chi connectivity index (χ2n) is 5.23. The first-order chi connectivity index (χ1) is 9.20. The fourth-order valence-corrected chi connectivity index (χ4v) is 1.89. The van der Waals surface area contributed by atoms with Crippen LogP contribution >= 0.6 is 0 Å². The minimum atomic E-state index is -0.955. The van der Waals surface area contributed by atoms with Crippen molar-refractivity contribution < 1.29 is 8.78 Å². The molecule has 0 fully saturated rings. The molecular formula is C14H15F2N3O. The molecule has 2 aromatic rings. The molecule has 0 radical (unpaired) electrons. The SMILES string of the molecule is Cc1cc(=O)c(C(C)(C)N)nn1-c1ccc(F)cc1F. The second-order valence-corrected chi connectivity index (χ2v) is 5.23. The molecule has 4 nitrogen and oxygen atoms in total. The number of hydrogen-bond acceptors (Lipinski definition) is 3. The molecule has 20 heavy (non-hydrogen) atoms. The molecule has 2 N–H and O–H groups in total. The Morgan fingerprint density at radius 3 is 2.45 bits per heavy atom. The molecular weight excluding hydrogens is 264 g/mol. The monoisotopic (exact) mass is 279 g/mol. The minimum Gasteiger partial charge on any atom is -0.320 e. The lowest BCUT2D eigenvalue weighted by atomic mass is 10.0. The predicted octanol–water partition coefficient (Wildman–Crippen LogP) is 2.01. The van der Waals surface area contributed by atoms with Crippen LogP contribution in [0, 0.1) is 18.6 Å². The third-order valence-corrected chi connectivity index (χ3v) is 2.86. The van der Waals surface area contributed by atoms with E-state index in [4.69, 9.17) is 5.73 Å². The van der Waals surface area contributed by atoms with Gasteiger partial charge >= 0.3 is 0 Å². The summed E-state index contributed by atoms with van der Waals surface area (Å²) in [5.74, 6) is -1.44. The smallest absolute Gasteiger partial charge is 0.205 e. The number of aryl methyl sites for hydroxylation is 1. The largest absolute Gasteiger partial charge is 0.320 e. The molecule has 2 rings (SSSR count). The van der Waals surface area contributed by atoms with Crippen molar-refractivity contribution in [2.24, 2.45) is 5.73 Å². The van der Waals surface area contributed by atoms with Crippen LogP contribution in [-0.2, 0) is 5.54 Å². The van der Waals surface area contributed by atoms with E-state index in [1.807, 2.05) is 0 Å². The van der Waals surface area contributed by atoms with Crippen LogP contribution in [0.15, 0.2) is 29.1 Å². The number of nitrogens with zero attached hydrogens (tertiary/aromatic N) is 2. The maximum atomic E-state index is 13.8. The van der Waals surface area contributed by atoms with Gasteiger partial charge < -0.3 is 5.73 Å². The van der Waals surface area contributed by atoms with Gasteiger partial charge in [0.1, 0.15) is 17.2 Å². The van der Waals surface area contributed by atoms with Crippen molar-refractivity contribution in [2.45, 2.75) is 26.3 Å². The van der Waals surface area contributed by atoms with Crippen LogP contribution in [0.1, 0.15) is 25.2 Å². The lowest BCUT2D eigenvalue weighted by Crippen LogP contribution is -2.37. The summed E-state index contributed by atoms with van der Waals surface area (Å²) in [4.78, 5) is 11.9. The maximum Gasteiger partial charge on any atom is 0.205 e. The normalized spacial score (nSPS) is 11.7. The first-order valence-corrected chi connectivity index (χ1v) is 6.06. The fraction of sp³-hybridized carbons (Fsp3) is 0.286. The molecule has 0 aliphatic heterocycles. The summed E-state index contributed by atoms with van der Waals surface area (Å²) in [6, 6.07) is 4.49. The third kappa shape index (κ3) is 2.60. The van der Waals surface area contributed by atoms with E-state index in [-0.39, 0.29) is 16.8 Å². The van der Waals surface area contributed by atoms with Gasteiger partial charge in [-0.15, -0.1) is 0 Å². The highest BCUT2D eigenvalue weighted by Gasteiger charge is 2.22. The van der Waals surface area contributed by atoms with E-state index < -0.39 is 17.2 Å². The molecule has 0 unspecified atom stereocenters. The highest BCUT2D eigenvalue weighted by molar-refractivity contribution is 5.35. The van der Waals surface area contributed by atoms with Gasteiger partial charge in [0.05, 0.1) is 5.54 Å². The van der Waals surface area contributed by atoms with Gasteiger partial charge in [0, 0.05) is 17.8 Å². The quantitative estimate of drug-likeness (QED) is 0.914. The zero-order valence-electron chi connectivity index (χ0n) is 11.4. The predicted molar refractivity (Wildman–Crippen MR) is 71.7 cm³/mol. The average molecular weight is 279 g/mol. The Hall–Kier alpha value is -2.08. The molecule has 0 saturated heterocycles. The Kier molecular flexibility index (Phi) is 3.43. The number of hydrogen-bond donors (Lipinski definition) is 1. The molecule has 0 bridgehead atoms. The van der Waals surface area contributed by atoms with Crippen molar-refractivity contribution in [3.8, 4) is 5.69 Å². The molecule has 1 heterocycles. The van der Waals surface area contributed by atoms with E-state index in [9.17, 15) is 13.6 Å². The lowest BCUT2D eigenvalue weighted by molar-refractivity contribution is 0.505. The highest BCUT2D eigenvalue weighted by Crippen LogP contribution is 2.17. The van der Waals surface area contributed by atoms with Crippen molar-refractivity contribution in [3.63, 3.8) is 0 Å². The molecule has 0 amide bonds. The van der Waals surface area contributed by atoms with Gasteiger partial charge in [0.2, 0.25) is 5.43 Å². The zero-order chi connectivity index (χ0) is 15.1. The van der Waals surface area contributed by atoms with Crippen LogP contribution < -0.4 is 11.2 Å². The Labute approximate surface area is 114 Å². The van der Waals surface area contributed by atoms with Crippen molar-refractivity contribution in [3.05, 3.63) is 57.5 Å². The van der Waals surface area contributed by atoms with Gasteiger partial charge in [-0.3, -0.25) is 4.79 Å². The summed E-state index contributed by atoms with van der Waals surface area (Å²) in [6.45, 7) is 4.89. The van der Waals surface area contributed by atoms with E-state index in [0.717, 1.165) is 12.1 Å². The highest BCUT2D eigenvalue weighted by atomic mass is 19.1. The molecule has 0 saturated carbocycles. The van der Waals surface area contributed by atoms with Crippen molar-refractivity contribution in [2.75, 3.05) is 0 Å². The van der Waals surface area contributed by atoms with Crippen LogP contribution in [0.5, 0.6) is 0 Å². The summed E-state index contributed by atoms with van der Waals surface area (Å²) in [7, 11) is 0. The summed E-state index contributed by atoms with van der Waals surface area (Å²) >= 11 is 0. The number of rotatable bonds is 2. The molecule has 106 valence electrons. The third-order valence-electron chi connectivity index (χ3n) is 2.86. The van der Waals surface area contributed by atoms with Crippen molar-refractivity contribution in [1.82, 2.24) is 9.78 Å². The van der Waals surface area contributed by atoms with Gasteiger partial charge in [-0.2, -0.15) is 5.10 Å². The number of nitrogens with two attached hydrogens (primary N) is 1. The Balaban J connectivity index is 2.72. The lowest BCUT2D eigenvalue weighted by Gasteiger charge is -2.19. The fourth-order valence-electron chi connectivity index (χ4n) is 1.89. The maximum absolute atomic E-state index is 13.8. The standard InChI is InChI=1S/C14H15F2N3O/c1-8-6-12(20)13(14(2,3)17)18-19(8)11-5-4-9(15)7-10(11)16/h4-7H,17H2,1-3H3. The number of aromatic nitrogens is 2. The second kappa shape index (κ2) is 4.79. The van der Waals surface area contributed by atoms with Crippen molar-refractivity contribution in [1.29, 1.82) is 0 Å². The zero-order valence-corrected chi connectivity index (χ0v) is 11.4. The molecule has 0 spiro atoms. The van der Waals surface area contributed by atoms with Gasteiger partial charge in [0.15, 0.2) is 5.82 Å². The van der Waals surface area contributed by atoms with E-state index >= 15 is 0 Å². The van der Waals surface area contributed by atoms with Crippen LogP contribution in [0.25, 0.3) is 5.69 Å². The Morgan fingerprint density at radius 1 is 1.25 bits per heavy atom. The van der Waals surface area contributed by atoms with Crippen molar-refractivity contribution >= 4 is 0 Å². The molecule has 0 aliphatic carbocycles. The van der Waals surface area contributed by atoms with Gasteiger partial charge in [-0.05, 0) is 32.9 Å². The van der Waals surface area contributed by atoms with E-state index in [2.05, 4.69) is 5.10 Å². The average Bonchev–Trinajstić information content (AvgIpc) is 2.28. The Bertz CT molecular complexity index is 717. The molecule has 1 aromatic heterocycles. The van der Waals surface area contributed by atoms with Crippen LogP contribution in [0.4, 0.5) is 8.78 Å². The van der Waals surface area contributed by atoms with Crippen LogP contribution in [0.2, 0.25) is 0 Å². The molecule has 0 atom stereocenters. The number of halogens is 2. The van der Waals surface area contributed by atoms with Gasteiger partial charge in [-0.25, -0.2) is 13.5 Å². The molecule has 6 heteroatoms. The van der Waals surface area contributed by atoms with Crippen LogP contribution in [0.3, 0.4) is 0 Å². The van der Waals surface area contributed by atoms with E-state index in [0.29, 0.717) is 5.69 Å². The molecule has 1 aromatic carbocycles. The summed E-state index contributed by atoms with van der Waals surface area (Å²) in [6.07, 6.45) is 0. The molecule has 0 aliphatic rings. The summed E-state index contributed by atoms with van der Waals surface area (Å²) < 4.78 is 28.0. The first-order valence-electron chi connectivity index (χ1n) is 6.06. The number of benzene rings is 1. The van der Waals surface area contributed by atoms with Gasteiger partial charge in [-0.1, -0.05) is 0 Å². The van der Waals surface area contributed by atoms with E-state index in [1.165, 1.54) is 16.8 Å². The van der Waals surface area contributed by atoms with Gasteiger partial charge in [0.25, 0.3) is 0 Å². The van der Waals surface area contributed by atoms with E-state index in [1.54, 1.807) is 20.8 Å². The summed E-state index contributed by atoms with van der Waals surface area (Å²) in [5.41, 5.74) is 5.24. The Morgan fingerprint density at radius 2 is 1.90 bits per heavy atom. The first kappa shape index (κ1) is 14.3. The summed E-state index contributed by atoms with van der Waals surface area (Å²) in [5, 5.41) is 4.12. The minimum absolute atomic E-state index is 0.0643.